The quantitative estimate of drug-likeness (QED) is 0.837. The van der Waals surface area contributed by atoms with E-state index in [-0.39, 0.29) is 17.5 Å². The third-order valence-electron chi connectivity index (χ3n) is 4.25. The molecule has 1 fully saturated rings. The number of aromatic amines is 1. The monoisotopic (exact) mass is 338 g/mol. The summed E-state index contributed by atoms with van der Waals surface area (Å²) < 4.78 is 33.4. The fourth-order valence-electron chi connectivity index (χ4n) is 3.14. The Kier molecular flexibility index (Phi) is 4.56. The van der Waals surface area contributed by atoms with Crippen molar-refractivity contribution in [3.8, 4) is 0 Å². The maximum Gasteiger partial charge on any atom is 0.244 e. The number of H-pyrrole nitrogens is 1. The molecule has 3 rings (SSSR count). The molecule has 0 saturated carbocycles. The maximum atomic E-state index is 12.6. The number of furan rings is 1. The lowest BCUT2D eigenvalue weighted by Gasteiger charge is -2.25. The van der Waals surface area contributed by atoms with Crippen molar-refractivity contribution in [2.45, 2.75) is 37.6 Å². The van der Waals surface area contributed by atoms with Crippen LogP contribution in [0.3, 0.4) is 0 Å². The summed E-state index contributed by atoms with van der Waals surface area (Å²) in [5.74, 6) is 0.787. The largest absolute Gasteiger partial charge is 0.468 e. The van der Waals surface area contributed by atoms with Gasteiger partial charge in [0.1, 0.15) is 10.7 Å². The highest BCUT2D eigenvalue weighted by Crippen LogP contribution is 2.26. The van der Waals surface area contributed by atoms with Gasteiger partial charge < -0.3 is 4.42 Å². The standard InChI is InChI=1S/C15H22N4O3S/c1-11-15(12(2)18-17-11)23(20,21)16-10-13(14-6-5-9-22-14)19-7-3-4-8-19/h5-6,9,13,16H,3-4,7-8,10H2,1-2H3,(H,17,18). The number of hydrogen-bond donors (Lipinski definition) is 2. The number of aromatic nitrogens is 2. The Morgan fingerprint density at radius 3 is 2.70 bits per heavy atom. The highest BCUT2D eigenvalue weighted by atomic mass is 32.2. The fraction of sp³-hybridized carbons (Fsp3) is 0.533. The first-order chi connectivity index (χ1) is 11.0. The molecule has 7 nitrogen and oxygen atoms in total. The van der Waals surface area contributed by atoms with Gasteiger partial charge in [-0.05, 0) is 51.9 Å². The lowest BCUT2D eigenvalue weighted by molar-refractivity contribution is 0.216. The Balaban J connectivity index is 1.79. The molecule has 2 aromatic rings. The Hall–Kier alpha value is -1.64. The lowest BCUT2D eigenvalue weighted by Crippen LogP contribution is -2.36. The van der Waals surface area contributed by atoms with Crippen LogP contribution in [0.1, 0.15) is 36.0 Å². The zero-order valence-electron chi connectivity index (χ0n) is 13.4. The van der Waals surface area contributed by atoms with Crippen molar-refractivity contribution in [3.05, 3.63) is 35.5 Å². The summed E-state index contributed by atoms with van der Waals surface area (Å²) in [6.45, 7) is 5.58. The Labute approximate surface area is 136 Å². The number of aryl methyl sites for hydroxylation is 2. The topological polar surface area (TPSA) is 91.2 Å². The molecule has 2 N–H and O–H groups in total. The van der Waals surface area contributed by atoms with Crippen molar-refractivity contribution in [2.24, 2.45) is 0 Å². The minimum atomic E-state index is -3.61. The molecular weight excluding hydrogens is 316 g/mol. The molecule has 0 aliphatic carbocycles. The van der Waals surface area contributed by atoms with E-state index in [9.17, 15) is 8.42 Å². The van der Waals surface area contributed by atoms with Crippen molar-refractivity contribution >= 4 is 10.0 Å². The molecular formula is C15H22N4O3S. The predicted molar refractivity (Wildman–Crippen MR) is 85.5 cm³/mol. The molecule has 0 amide bonds. The van der Waals surface area contributed by atoms with Crippen LogP contribution in [0, 0.1) is 13.8 Å². The van der Waals surface area contributed by atoms with Gasteiger partial charge in [0, 0.05) is 6.54 Å². The molecule has 126 valence electrons. The van der Waals surface area contributed by atoms with Crippen LogP contribution < -0.4 is 4.72 Å². The number of hydrogen-bond acceptors (Lipinski definition) is 5. The van der Waals surface area contributed by atoms with Crippen molar-refractivity contribution in [2.75, 3.05) is 19.6 Å². The van der Waals surface area contributed by atoms with Crippen LogP contribution >= 0.6 is 0 Å². The van der Waals surface area contributed by atoms with Gasteiger partial charge in [-0.1, -0.05) is 0 Å². The van der Waals surface area contributed by atoms with E-state index in [1.165, 1.54) is 0 Å². The second-order valence-corrected chi connectivity index (χ2v) is 7.59. The molecule has 8 heteroatoms. The molecule has 2 aromatic heterocycles. The van der Waals surface area contributed by atoms with Crippen LogP contribution in [-0.2, 0) is 10.0 Å². The Bertz CT molecular complexity index is 726. The van der Waals surface area contributed by atoms with Crippen LogP contribution in [0.25, 0.3) is 0 Å². The molecule has 0 aromatic carbocycles. The van der Waals surface area contributed by atoms with Gasteiger partial charge in [0.05, 0.1) is 23.7 Å². The highest BCUT2D eigenvalue weighted by Gasteiger charge is 2.29. The Morgan fingerprint density at radius 2 is 2.13 bits per heavy atom. The van der Waals surface area contributed by atoms with Gasteiger partial charge in [0.15, 0.2) is 0 Å². The molecule has 0 bridgehead atoms. The zero-order valence-corrected chi connectivity index (χ0v) is 14.2. The summed E-state index contributed by atoms with van der Waals surface area (Å²) in [5, 5.41) is 6.68. The highest BCUT2D eigenvalue weighted by molar-refractivity contribution is 7.89. The summed E-state index contributed by atoms with van der Waals surface area (Å²) >= 11 is 0. The van der Waals surface area contributed by atoms with E-state index in [1.54, 1.807) is 20.1 Å². The molecule has 23 heavy (non-hydrogen) atoms. The lowest BCUT2D eigenvalue weighted by atomic mass is 10.2. The number of nitrogens with zero attached hydrogens (tertiary/aromatic N) is 2. The van der Waals surface area contributed by atoms with Gasteiger partial charge in [-0.25, -0.2) is 13.1 Å². The SMILES string of the molecule is Cc1n[nH]c(C)c1S(=O)(=O)NCC(c1ccco1)N1CCCC1. The molecule has 1 aliphatic rings. The van der Waals surface area contributed by atoms with E-state index in [0.717, 1.165) is 31.7 Å². The smallest absolute Gasteiger partial charge is 0.244 e. The number of sulfonamides is 1. The summed E-state index contributed by atoms with van der Waals surface area (Å²) in [7, 11) is -3.61. The first-order valence-electron chi connectivity index (χ1n) is 7.78. The van der Waals surface area contributed by atoms with E-state index in [0.29, 0.717) is 11.4 Å². The molecule has 1 unspecified atom stereocenters. The van der Waals surface area contributed by atoms with Gasteiger partial charge in [-0.15, -0.1) is 0 Å². The minimum Gasteiger partial charge on any atom is -0.468 e. The van der Waals surface area contributed by atoms with Crippen molar-refractivity contribution in [3.63, 3.8) is 0 Å². The van der Waals surface area contributed by atoms with Crippen LogP contribution in [0.15, 0.2) is 27.7 Å². The summed E-state index contributed by atoms with van der Waals surface area (Å²) in [6.07, 6.45) is 3.88. The summed E-state index contributed by atoms with van der Waals surface area (Å²) in [5.41, 5.74) is 1.02. The average Bonchev–Trinajstić information content (AvgIpc) is 3.22. The molecule has 0 radical (unpaired) electrons. The minimum absolute atomic E-state index is 0.0882. The molecule has 1 atom stereocenters. The fourth-order valence-corrected chi connectivity index (χ4v) is 4.55. The number of rotatable bonds is 6. The van der Waals surface area contributed by atoms with Gasteiger partial charge in [0.25, 0.3) is 0 Å². The third kappa shape index (κ3) is 3.34. The second-order valence-electron chi connectivity index (χ2n) is 5.89. The van der Waals surface area contributed by atoms with Gasteiger partial charge in [-0.2, -0.15) is 5.10 Å². The van der Waals surface area contributed by atoms with Crippen LogP contribution in [0.4, 0.5) is 0 Å². The van der Waals surface area contributed by atoms with E-state index in [2.05, 4.69) is 19.8 Å². The molecule has 1 aliphatic heterocycles. The molecule has 0 spiro atoms. The van der Waals surface area contributed by atoms with E-state index < -0.39 is 10.0 Å². The zero-order chi connectivity index (χ0) is 16.4. The predicted octanol–water partition coefficient (Wildman–Crippen LogP) is 1.73. The Morgan fingerprint density at radius 1 is 1.39 bits per heavy atom. The van der Waals surface area contributed by atoms with E-state index >= 15 is 0 Å². The first-order valence-corrected chi connectivity index (χ1v) is 9.26. The summed E-state index contributed by atoms with van der Waals surface area (Å²) in [6, 6.07) is 3.64. The van der Waals surface area contributed by atoms with Crippen molar-refractivity contribution in [1.82, 2.24) is 19.8 Å². The van der Waals surface area contributed by atoms with Crippen molar-refractivity contribution < 1.29 is 12.8 Å². The van der Waals surface area contributed by atoms with Crippen LogP contribution in [0.2, 0.25) is 0 Å². The number of nitrogens with one attached hydrogen (secondary N) is 2. The van der Waals surface area contributed by atoms with Gasteiger partial charge in [0.2, 0.25) is 10.0 Å². The maximum absolute atomic E-state index is 12.6. The van der Waals surface area contributed by atoms with E-state index in [4.69, 9.17) is 4.42 Å². The van der Waals surface area contributed by atoms with Crippen LogP contribution in [-0.4, -0.2) is 43.1 Å². The second kappa shape index (κ2) is 6.46. The first kappa shape index (κ1) is 16.2. The van der Waals surface area contributed by atoms with E-state index in [1.807, 2.05) is 12.1 Å². The molecule has 3 heterocycles. The third-order valence-corrected chi connectivity index (χ3v) is 5.93. The van der Waals surface area contributed by atoms with Crippen LogP contribution in [0.5, 0.6) is 0 Å². The van der Waals surface area contributed by atoms with Gasteiger partial charge >= 0.3 is 0 Å². The van der Waals surface area contributed by atoms with Gasteiger partial charge in [-0.3, -0.25) is 10.00 Å². The molecule has 1 saturated heterocycles. The summed E-state index contributed by atoms with van der Waals surface area (Å²) in [4.78, 5) is 2.49. The normalized spacial score (nSPS) is 17.7. The average molecular weight is 338 g/mol. The van der Waals surface area contributed by atoms with Crippen molar-refractivity contribution in [1.29, 1.82) is 0 Å². The number of likely N-dealkylation sites (tertiary alicyclic amines) is 1.